The maximum atomic E-state index is 12.7. The quantitative estimate of drug-likeness (QED) is 0.813. The molecule has 144 valence electrons. The Morgan fingerprint density at radius 2 is 2.04 bits per heavy atom. The molecule has 1 aliphatic rings. The maximum Gasteiger partial charge on any atom is 0.247 e. The molecule has 1 fully saturated rings. The van der Waals surface area contributed by atoms with Gasteiger partial charge in [-0.25, -0.2) is 4.98 Å². The summed E-state index contributed by atoms with van der Waals surface area (Å²) in [5.41, 5.74) is 0.682. The second-order valence-electron chi connectivity index (χ2n) is 7.14. The smallest absolute Gasteiger partial charge is 0.247 e. The van der Waals surface area contributed by atoms with E-state index in [1.54, 1.807) is 23.2 Å². The van der Waals surface area contributed by atoms with Crippen LogP contribution in [-0.2, 0) is 23.2 Å². The molecule has 2 amide bonds. The molecule has 2 aromatic rings. The van der Waals surface area contributed by atoms with E-state index < -0.39 is 6.04 Å². The van der Waals surface area contributed by atoms with Gasteiger partial charge in [0.15, 0.2) is 0 Å². The number of ether oxygens (including phenoxy) is 1. The minimum atomic E-state index is -0.445. The molecule has 1 aliphatic heterocycles. The Bertz CT molecular complexity index is 798. The minimum Gasteiger partial charge on any atom is -0.486 e. The minimum absolute atomic E-state index is 0.0486. The first-order valence-corrected chi connectivity index (χ1v) is 9.25. The van der Waals surface area contributed by atoms with Crippen LogP contribution in [-0.4, -0.2) is 38.9 Å². The zero-order chi connectivity index (χ0) is 19.4. The molecule has 0 saturated carbocycles. The molecule has 27 heavy (non-hydrogen) atoms. The molecule has 1 saturated heterocycles. The summed E-state index contributed by atoms with van der Waals surface area (Å²) in [6.07, 6.45) is 4.94. The highest BCUT2D eigenvalue weighted by Gasteiger charge is 2.34. The predicted molar refractivity (Wildman–Crippen MR) is 102 cm³/mol. The largest absolute Gasteiger partial charge is 0.486 e. The van der Waals surface area contributed by atoms with Crippen molar-refractivity contribution in [2.75, 3.05) is 11.9 Å². The molecular weight excluding hydrogens is 344 g/mol. The highest BCUT2D eigenvalue weighted by Crippen LogP contribution is 2.22. The Morgan fingerprint density at radius 3 is 2.59 bits per heavy atom. The van der Waals surface area contributed by atoms with E-state index in [0.29, 0.717) is 31.0 Å². The van der Waals surface area contributed by atoms with Gasteiger partial charge in [0.05, 0.1) is 0 Å². The van der Waals surface area contributed by atoms with Gasteiger partial charge in [-0.1, -0.05) is 13.8 Å². The number of carbonyl (C=O) groups is 2. The van der Waals surface area contributed by atoms with Crippen molar-refractivity contribution in [3.05, 3.63) is 42.5 Å². The van der Waals surface area contributed by atoms with Gasteiger partial charge < -0.3 is 19.5 Å². The number of anilines is 1. The lowest BCUT2D eigenvalue weighted by molar-refractivity contribution is -0.136. The summed E-state index contributed by atoms with van der Waals surface area (Å²) in [6.45, 7) is 4.95. The number of imidazole rings is 1. The van der Waals surface area contributed by atoms with Crippen LogP contribution in [0.3, 0.4) is 0 Å². The number of nitrogens with zero attached hydrogens (tertiary/aromatic N) is 3. The predicted octanol–water partition coefficient (Wildman–Crippen LogP) is 2.58. The van der Waals surface area contributed by atoms with Gasteiger partial charge in [-0.15, -0.1) is 0 Å². The Kier molecular flexibility index (Phi) is 5.78. The molecule has 0 spiro atoms. The third kappa shape index (κ3) is 4.48. The van der Waals surface area contributed by atoms with Crippen LogP contribution in [0.4, 0.5) is 5.69 Å². The van der Waals surface area contributed by atoms with E-state index >= 15 is 0 Å². The average Bonchev–Trinajstić information content (AvgIpc) is 3.23. The summed E-state index contributed by atoms with van der Waals surface area (Å²) in [5, 5.41) is 2.92. The van der Waals surface area contributed by atoms with Crippen molar-refractivity contribution in [3.8, 4) is 5.75 Å². The zero-order valence-electron chi connectivity index (χ0n) is 16.0. The van der Waals surface area contributed by atoms with Crippen molar-refractivity contribution >= 4 is 17.5 Å². The first-order valence-electron chi connectivity index (χ1n) is 9.25. The summed E-state index contributed by atoms with van der Waals surface area (Å²) >= 11 is 0. The van der Waals surface area contributed by atoms with Crippen molar-refractivity contribution in [2.24, 2.45) is 13.0 Å². The van der Waals surface area contributed by atoms with Gasteiger partial charge >= 0.3 is 0 Å². The van der Waals surface area contributed by atoms with Crippen molar-refractivity contribution in [1.29, 1.82) is 0 Å². The fraction of sp³-hybridized carbons (Fsp3) is 0.450. The summed E-state index contributed by atoms with van der Waals surface area (Å²) < 4.78 is 7.63. The molecule has 1 aromatic heterocycles. The summed E-state index contributed by atoms with van der Waals surface area (Å²) in [5.74, 6) is 1.49. The molecule has 0 radical (unpaired) electrons. The van der Waals surface area contributed by atoms with Crippen LogP contribution in [0.5, 0.6) is 5.75 Å². The highest BCUT2D eigenvalue weighted by molar-refractivity contribution is 5.97. The fourth-order valence-corrected chi connectivity index (χ4v) is 3.30. The lowest BCUT2D eigenvalue weighted by Gasteiger charge is -2.29. The SMILES string of the molecule is CC(C)[C@@H](C(=O)Nc1ccc(OCc2nccn2C)cc1)N1CCCC1=O. The number of aromatic nitrogens is 2. The van der Waals surface area contributed by atoms with Gasteiger partial charge in [-0.05, 0) is 36.6 Å². The monoisotopic (exact) mass is 370 g/mol. The summed E-state index contributed by atoms with van der Waals surface area (Å²) in [4.78, 5) is 30.7. The van der Waals surface area contributed by atoms with E-state index in [-0.39, 0.29) is 17.7 Å². The van der Waals surface area contributed by atoms with Gasteiger partial charge in [0.1, 0.15) is 24.2 Å². The van der Waals surface area contributed by atoms with Crippen LogP contribution in [0, 0.1) is 5.92 Å². The zero-order valence-corrected chi connectivity index (χ0v) is 16.0. The molecule has 2 heterocycles. The van der Waals surface area contributed by atoms with Gasteiger partial charge in [0.2, 0.25) is 11.8 Å². The van der Waals surface area contributed by atoms with Crippen LogP contribution in [0.2, 0.25) is 0 Å². The number of benzene rings is 1. The second kappa shape index (κ2) is 8.24. The van der Waals surface area contributed by atoms with E-state index in [2.05, 4.69) is 10.3 Å². The summed E-state index contributed by atoms with van der Waals surface area (Å²) in [7, 11) is 1.92. The molecule has 0 bridgehead atoms. The number of aryl methyl sites for hydroxylation is 1. The molecule has 1 N–H and O–H groups in total. The first kappa shape index (κ1) is 18.9. The molecular formula is C20H26N4O3. The van der Waals surface area contributed by atoms with Crippen LogP contribution < -0.4 is 10.1 Å². The van der Waals surface area contributed by atoms with Crippen LogP contribution in [0.15, 0.2) is 36.7 Å². The Balaban J connectivity index is 1.60. The van der Waals surface area contributed by atoms with Crippen LogP contribution in [0.1, 0.15) is 32.5 Å². The van der Waals surface area contributed by atoms with Crippen molar-refractivity contribution in [2.45, 2.75) is 39.3 Å². The third-order valence-corrected chi connectivity index (χ3v) is 4.76. The second-order valence-corrected chi connectivity index (χ2v) is 7.14. The molecule has 0 unspecified atom stereocenters. The van der Waals surface area contributed by atoms with Crippen molar-refractivity contribution < 1.29 is 14.3 Å². The maximum absolute atomic E-state index is 12.7. The van der Waals surface area contributed by atoms with Gasteiger partial charge in [0, 0.05) is 38.1 Å². The van der Waals surface area contributed by atoms with Crippen molar-refractivity contribution in [1.82, 2.24) is 14.5 Å². The first-order chi connectivity index (χ1) is 13.0. The fourth-order valence-electron chi connectivity index (χ4n) is 3.30. The van der Waals surface area contributed by atoms with Gasteiger partial charge in [0.25, 0.3) is 0 Å². The molecule has 7 heteroatoms. The highest BCUT2D eigenvalue weighted by atomic mass is 16.5. The standard InChI is InChI=1S/C20H26N4O3/c1-14(2)19(24-11-4-5-18(24)25)20(26)22-15-6-8-16(9-7-15)27-13-17-21-10-12-23(17)3/h6-10,12,14,19H,4-5,11,13H2,1-3H3,(H,22,26)/t19-/m0/s1. The Hall–Kier alpha value is -2.83. The van der Waals surface area contributed by atoms with E-state index in [9.17, 15) is 9.59 Å². The topological polar surface area (TPSA) is 76.5 Å². The summed E-state index contributed by atoms with van der Waals surface area (Å²) in [6, 6.07) is 6.77. The van der Waals surface area contributed by atoms with Crippen molar-refractivity contribution in [3.63, 3.8) is 0 Å². The van der Waals surface area contributed by atoms with E-state index in [1.807, 2.05) is 43.8 Å². The lowest BCUT2D eigenvalue weighted by Crippen LogP contribution is -2.47. The molecule has 3 rings (SSSR count). The van der Waals surface area contributed by atoms with E-state index in [0.717, 1.165) is 12.2 Å². The average molecular weight is 370 g/mol. The van der Waals surface area contributed by atoms with Gasteiger partial charge in [-0.2, -0.15) is 0 Å². The van der Waals surface area contributed by atoms with E-state index in [1.165, 1.54) is 0 Å². The molecule has 1 aromatic carbocycles. The number of carbonyl (C=O) groups excluding carboxylic acids is 2. The Labute approximate surface area is 159 Å². The van der Waals surface area contributed by atoms with E-state index in [4.69, 9.17) is 4.74 Å². The normalized spacial score (nSPS) is 15.3. The number of rotatable bonds is 7. The van der Waals surface area contributed by atoms with Crippen LogP contribution in [0.25, 0.3) is 0 Å². The molecule has 7 nitrogen and oxygen atoms in total. The molecule has 0 aliphatic carbocycles. The van der Waals surface area contributed by atoms with Crippen LogP contribution >= 0.6 is 0 Å². The number of hydrogen-bond donors (Lipinski definition) is 1. The van der Waals surface area contributed by atoms with Gasteiger partial charge in [-0.3, -0.25) is 9.59 Å². The number of hydrogen-bond acceptors (Lipinski definition) is 4. The molecule has 1 atom stereocenters. The Morgan fingerprint density at radius 1 is 1.30 bits per heavy atom. The number of likely N-dealkylation sites (tertiary alicyclic amines) is 1. The number of nitrogens with one attached hydrogen (secondary N) is 1. The third-order valence-electron chi connectivity index (χ3n) is 4.76. The lowest BCUT2D eigenvalue weighted by atomic mass is 10.0. The number of amides is 2.